The Balaban J connectivity index is 2.05. The molecule has 0 bridgehead atoms. The van der Waals surface area contributed by atoms with E-state index in [1.54, 1.807) is 18.2 Å². The summed E-state index contributed by atoms with van der Waals surface area (Å²) in [5.41, 5.74) is 0.656. The predicted molar refractivity (Wildman–Crippen MR) is 62.6 cm³/mol. The lowest BCUT2D eigenvalue weighted by Gasteiger charge is -2.36. The van der Waals surface area contributed by atoms with Crippen molar-refractivity contribution < 1.29 is 17.9 Å². The molecule has 1 aromatic carbocycles. The summed E-state index contributed by atoms with van der Waals surface area (Å²) >= 11 is 0. The molecule has 1 N–H and O–H groups in total. The molecule has 2 rings (SSSR count). The maximum Gasteiger partial charge on any atom is 0.573 e. The first-order valence-electron chi connectivity index (χ1n) is 6.07. The highest BCUT2D eigenvalue weighted by Crippen LogP contribution is 2.42. The van der Waals surface area contributed by atoms with E-state index in [2.05, 4.69) is 10.1 Å². The smallest absolute Gasteiger partial charge is 0.405 e. The van der Waals surface area contributed by atoms with Crippen LogP contribution in [0.15, 0.2) is 24.3 Å². The monoisotopic (exact) mass is 259 g/mol. The first-order valence-corrected chi connectivity index (χ1v) is 6.07. The lowest BCUT2D eigenvalue weighted by atomic mass is 9.75. The highest BCUT2D eigenvalue weighted by Gasteiger charge is 2.36. The van der Waals surface area contributed by atoms with Crippen LogP contribution in [0.5, 0.6) is 5.75 Å². The van der Waals surface area contributed by atoms with Gasteiger partial charge in [0.15, 0.2) is 0 Å². The van der Waals surface area contributed by atoms with Gasteiger partial charge in [-0.3, -0.25) is 0 Å². The Kier molecular flexibility index (Phi) is 3.80. The standard InChI is InChI=1S/C13H16F3NO/c1-2-17-10-7-9(8-10)11-5-3-4-6-12(11)18-13(14,15)16/h3-6,9-10,17H,2,7-8H2,1H3. The highest BCUT2D eigenvalue weighted by atomic mass is 19.4. The largest absolute Gasteiger partial charge is 0.573 e. The maximum absolute atomic E-state index is 12.3. The van der Waals surface area contributed by atoms with Crippen molar-refractivity contribution in [3.05, 3.63) is 29.8 Å². The van der Waals surface area contributed by atoms with Gasteiger partial charge in [-0.1, -0.05) is 25.1 Å². The fourth-order valence-electron chi connectivity index (χ4n) is 2.36. The zero-order chi connectivity index (χ0) is 13.2. The number of alkyl halides is 3. The Morgan fingerprint density at radius 2 is 1.94 bits per heavy atom. The second-order valence-corrected chi connectivity index (χ2v) is 4.51. The van der Waals surface area contributed by atoms with E-state index in [-0.39, 0.29) is 11.7 Å². The maximum atomic E-state index is 12.3. The van der Waals surface area contributed by atoms with Gasteiger partial charge in [-0.15, -0.1) is 13.2 Å². The van der Waals surface area contributed by atoms with Crippen LogP contribution in [-0.4, -0.2) is 18.9 Å². The van der Waals surface area contributed by atoms with Crippen molar-refractivity contribution in [1.82, 2.24) is 5.32 Å². The minimum atomic E-state index is -4.62. The Labute approximate surface area is 104 Å². The van der Waals surface area contributed by atoms with Gasteiger partial charge in [0.25, 0.3) is 0 Å². The molecule has 0 atom stereocenters. The lowest BCUT2D eigenvalue weighted by Crippen LogP contribution is -2.40. The van der Waals surface area contributed by atoms with Gasteiger partial charge >= 0.3 is 6.36 Å². The summed E-state index contributed by atoms with van der Waals surface area (Å²) < 4.78 is 40.9. The SMILES string of the molecule is CCNC1CC(c2ccccc2OC(F)(F)F)C1. The molecule has 1 fully saturated rings. The number of rotatable bonds is 4. The molecule has 0 aromatic heterocycles. The normalized spacial score (nSPS) is 23.6. The van der Waals surface area contributed by atoms with Crippen molar-refractivity contribution in [3.63, 3.8) is 0 Å². The highest BCUT2D eigenvalue weighted by molar-refractivity contribution is 5.38. The topological polar surface area (TPSA) is 21.3 Å². The molecule has 0 saturated heterocycles. The third kappa shape index (κ3) is 3.16. The van der Waals surface area contributed by atoms with Gasteiger partial charge in [-0.2, -0.15) is 0 Å². The molecule has 1 aliphatic rings. The molecular formula is C13H16F3NO. The summed E-state index contributed by atoms with van der Waals surface area (Å²) in [5, 5.41) is 3.29. The van der Waals surface area contributed by atoms with E-state index in [0.29, 0.717) is 11.6 Å². The van der Waals surface area contributed by atoms with Gasteiger partial charge in [-0.05, 0) is 36.9 Å². The number of benzene rings is 1. The minimum absolute atomic E-state index is 0.0649. The van der Waals surface area contributed by atoms with Crippen LogP contribution < -0.4 is 10.1 Å². The molecule has 2 nitrogen and oxygen atoms in total. The number of ether oxygens (including phenoxy) is 1. The number of hydrogen-bond acceptors (Lipinski definition) is 2. The number of para-hydroxylation sites is 1. The van der Waals surface area contributed by atoms with Crippen molar-refractivity contribution in [2.24, 2.45) is 0 Å². The summed E-state index contributed by atoms with van der Waals surface area (Å²) in [5.74, 6) is 0.0950. The molecule has 0 unspecified atom stereocenters. The molecule has 100 valence electrons. The van der Waals surface area contributed by atoms with Gasteiger partial charge in [0.05, 0.1) is 0 Å². The quantitative estimate of drug-likeness (QED) is 0.894. The van der Waals surface area contributed by atoms with Crippen molar-refractivity contribution in [2.75, 3.05) is 6.54 Å². The van der Waals surface area contributed by atoms with Crippen LogP contribution in [0.4, 0.5) is 13.2 Å². The Morgan fingerprint density at radius 3 is 2.56 bits per heavy atom. The molecule has 0 amide bonds. The van der Waals surface area contributed by atoms with Crippen molar-refractivity contribution in [3.8, 4) is 5.75 Å². The van der Waals surface area contributed by atoms with Crippen LogP contribution in [0, 0.1) is 0 Å². The van der Waals surface area contributed by atoms with Crippen molar-refractivity contribution in [1.29, 1.82) is 0 Å². The molecule has 1 aromatic rings. The first kappa shape index (κ1) is 13.2. The first-order chi connectivity index (χ1) is 8.49. The van der Waals surface area contributed by atoms with Gasteiger partial charge in [0, 0.05) is 6.04 Å². The minimum Gasteiger partial charge on any atom is -0.405 e. The van der Waals surface area contributed by atoms with E-state index in [1.165, 1.54) is 6.07 Å². The third-order valence-electron chi connectivity index (χ3n) is 3.22. The van der Waals surface area contributed by atoms with Crippen LogP contribution in [-0.2, 0) is 0 Å². The summed E-state index contributed by atoms with van der Waals surface area (Å²) in [6.07, 6.45) is -2.89. The zero-order valence-corrected chi connectivity index (χ0v) is 10.1. The fourth-order valence-corrected chi connectivity index (χ4v) is 2.36. The van der Waals surface area contributed by atoms with E-state index < -0.39 is 6.36 Å². The predicted octanol–water partition coefficient (Wildman–Crippen LogP) is 3.44. The molecule has 0 spiro atoms. The van der Waals surface area contributed by atoms with Crippen molar-refractivity contribution in [2.45, 2.75) is 38.1 Å². The molecule has 18 heavy (non-hydrogen) atoms. The van der Waals surface area contributed by atoms with Crippen LogP contribution in [0.1, 0.15) is 31.2 Å². The van der Waals surface area contributed by atoms with Crippen LogP contribution in [0.25, 0.3) is 0 Å². The summed E-state index contributed by atoms with van der Waals surface area (Å²) in [6, 6.07) is 6.82. The van der Waals surface area contributed by atoms with E-state index in [4.69, 9.17) is 0 Å². The average molecular weight is 259 g/mol. The van der Waals surface area contributed by atoms with Gasteiger partial charge in [0.2, 0.25) is 0 Å². The molecule has 0 radical (unpaired) electrons. The fraction of sp³-hybridized carbons (Fsp3) is 0.538. The molecule has 1 aliphatic carbocycles. The summed E-state index contributed by atoms with van der Waals surface area (Å²) in [7, 11) is 0. The Hall–Kier alpha value is -1.23. The number of hydrogen-bond donors (Lipinski definition) is 1. The van der Waals surface area contributed by atoms with E-state index in [9.17, 15) is 13.2 Å². The van der Waals surface area contributed by atoms with Crippen LogP contribution >= 0.6 is 0 Å². The van der Waals surface area contributed by atoms with Gasteiger partial charge in [-0.25, -0.2) is 0 Å². The number of halogens is 3. The van der Waals surface area contributed by atoms with Gasteiger partial charge < -0.3 is 10.1 Å². The molecule has 1 saturated carbocycles. The lowest BCUT2D eigenvalue weighted by molar-refractivity contribution is -0.275. The van der Waals surface area contributed by atoms with E-state index in [0.717, 1.165) is 19.4 Å². The van der Waals surface area contributed by atoms with Gasteiger partial charge in [0.1, 0.15) is 5.75 Å². The average Bonchev–Trinajstić information content (AvgIpc) is 2.22. The zero-order valence-electron chi connectivity index (χ0n) is 10.1. The number of nitrogens with one attached hydrogen (secondary N) is 1. The van der Waals surface area contributed by atoms with Crippen LogP contribution in [0.3, 0.4) is 0 Å². The second kappa shape index (κ2) is 5.18. The van der Waals surface area contributed by atoms with E-state index >= 15 is 0 Å². The van der Waals surface area contributed by atoms with E-state index in [1.807, 2.05) is 6.92 Å². The summed E-state index contributed by atoms with van der Waals surface area (Å²) in [4.78, 5) is 0. The third-order valence-corrected chi connectivity index (χ3v) is 3.22. The molecular weight excluding hydrogens is 243 g/mol. The van der Waals surface area contributed by atoms with Crippen molar-refractivity contribution >= 4 is 0 Å². The van der Waals surface area contributed by atoms with Crippen LogP contribution in [0.2, 0.25) is 0 Å². The molecule has 0 aliphatic heterocycles. The molecule has 0 heterocycles. The Morgan fingerprint density at radius 1 is 1.28 bits per heavy atom. The second-order valence-electron chi connectivity index (χ2n) is 4.51. The Bertz CT molecular complexity index is 399. The molecule has 5 heteroatoms. The summed E-state index contributed by atoms with van der Waals surface area (Å²) in [6.45, 7) is 2.91.